The number of primary amides is 2. The van der Waals surface area contributed by atoms with E-state index < -0.39 is 6.03 Å². The maximum absolute atomic E-state index is 11.0. The molecule has 1 rings (SSSR count). The van der Waals surface area contributed by atoms with Gasteiger partial charge in [-0.25, -0.2) is 4.79 Å². The van der Waals surface area contributed by atoms with Crippen molar-refractivity contribution in [2.75, 3.05) is 0 Å². The molecule has 0 aromatic rings. The Morgan fingerprint density at radius 3 is 2.07 bits per heavy atom. The van der Waals surface area contributed by atoms with Gasteiger partial charge in [-0.15, -0.1) is 0 Å². The zero-order chi connectivity index (χ0) is 11.4. The van der Waals surface area contributed by atoms with Gasteiger partial charge in [0, 0.05) is 6.42 Å². The Morgan fingerprint density at radius 2 is 1.79 bits per heavy atom. The predicted octanol–water partition coefficient (Wildman–Crippen LogP) is 1.35. The SMILES string of the molecule is CC1=CC(=O)CC(C)(C)C1.NC(N)=O. The van der Waals surface area contributed by atoms with Gasteiger partial charge < -0.3 is 11.5 Å². The van der Waals surface area contributed by atoms with Crippen molar-refractivity contribution in [2.45, 2.75) is 33.6 Å². The average Bonchev–Trinajstić information content (AvgIpc) is 1.76. The highest BCUT2D eigenvalue weighted by molar-refractivity contribution is 5.91. The van der Waals surface area contributed by atoms with Gasteiger partial charge >= 0.3 is 6.03 Å². The monoisotopic (exact) mass is 198 g/mol. The summed E-state index contributed by atoms with van der Waals surface area (Å²) in [5.41, 5.74) is 9.93. The quantitative estimate of drug-likeness (QED) is 0.615. The minimum Gasteiger partial charge on any atom is -0.352 e. The molecule has 14 heavy (non-hydrogen) atoms. The molecule has 4 heteroatoms. The van der Waals surface area contributed by atoms with E-state index in [1.165, 1.54) is 5.57 Å². The van der Waals surface area contributed by atoms with Gasteiger partial charge in [0.15, 0.2) is 5.78 Å². The third kappa shape index (κ3) is 6.22. The molecule has 0 aromatic heterocycles. The fraction of sp³-hybridized carbons (Fsp3) is 0.600. The van der Waals surface area contributed by atoms with E-state index >= 15 is 0 Å². The molecule has 0 spiro atoms. The molecule has 80 valence electrons. The standard InChI is InChI=1S/C9H14O.CH4N2O/c1-7-4-8(10)6-9(2,3)5-7;2-1(3)4/h4H,5-6H2,1-3H3;(H4,2,3,4). The van der Waals surface area contributed by atoms with Crippen molar-refractivity contribution in [2.24, 2.45) is 16.9 Å². The number of ketones is 1. The van der Waals surface area contributed by atoms with Crippen LogP contribution >= 0.6 is 0 Å². The van der Waals surface area contributed by atoms with Gasteiger partial charge in [0.05, 0.1) is 0 Å². The molecule has 0 bridgehead atoms. The first-order valence-corrected chi connectivity index (χ1v) is 4.48. The van der Waals surface area contributed by atoms with Gasteiger partial charge in [0.1, 0.15) is 0 Å². The lowest BCUT2D eigenvalue weighted by Gasteiger charge is -2.27. The van der Waals surface area contributed by atoms with E-state index in [-0.39, 0.29) is 11.2 Å². The Balaban J connectivity index is 0.000000364. The first-order valence-electron chi connectivity index (χ1n) is 4.48. The minimum absolute atomic E-state index is 0.204. The number of carbonyl (C=O) groups is 2. The normalized spacial score (nSPS) is 19.1. The zero-order valence-corrected chi connectivity index (χ0v) is 8.96. The van der Waals surface area contributed by atoms with Gasteiger partial charge in [-0.05, 0) is 24.8 Å². The van der Waals surface area contributed by atoms with Gasteiger partial charge in [-0.1, -0.05) is 19.4 Å². The number of allylic oxidation sites excluding steroid dienone is 2. The van der Waals surface area contributed by atoms with E-state index in [1.54, 1.807) is 6.08 Å². The Kier molecular flexibility index (Phi) is 4.34. The van der Waals surface area contributed by atoms with Crippen molar-refractivity contribution >= 4 is 11.8 Å². The first kappa shape index (κ1) is 12.7. The van der Waals surface area contributed by atoms with E-state index in [0.717, 1.165) is 6.42 Å². The van der Waals surface area contributed by atoms with Crippen LogP contribution in [0, 0.1) is 5.41 Å². The lowest BCUT2D eigenvalue weighted by Crippen LogP contribution is -2.20. The highest BCUT2D eigenvalue weighted by atomic mass is 16.2. The maximum Gasteiger partial charge on any atom is 0.309 e. The molecule has 0 aliphatic heterocycles. The summed E-state index contributed by atoms with van der Waals surface area (Å²) in [6.45, 7) is 6.31. The number of hydrogen-bond acceptors (Lipinski definition) is 2. The minimum atomic E-state index is -0.833. The Hall–Kier alpha value is -1.32. The Bertz CT molecular complexity index is 263. The molecule has 0 aromatic carbocycles. The molecule has 0 unspecified atom stereocenters. The molecule has 0 saturated carbocycles. The summed E-state index contributed by atoms with van der Waals surface area (Å²) in [7, 11) is 0. The second kappa shape index (κ2) is 4.79. The topological polar surface area (TPSA) is 86.2 Å². The van der Waals surface area contributed by atoms with Crippen LogP contribution in [0.3, 0.4) is 0 Å². The lowest BCUT2D eigenvalue weighted by atomic mass is 9.77. The summed E-state index contributed by atoms with van der Waals surface area (Å²) in [6, 6.07) is -0.833. The first-order chi connectivity index (χ1) is 6.23. The summed E-state index contributed by atoms with van der Waals surface area (Å²) < 4.78 is 0. The van der Waals surface area contributed by atoms with Gasteiger partial charge in [0.25, 0.3) is 0 Å². The summed E-state index contributed by atoms with van der Waals surface area (Å²) in [4.78, 5) is 20.0. The molecular formula is C10H18N2O2. The summed E-state index contributed by atoms with van der Waals surface area (Å²) in [5.74, 6) is 0.286. The second-order valence-corrected chi connectivity index (χ2v) is 4.38. The number of rotatable bonds is 0. The third-order valence-corrected chi connectivity index (χ3v) is 1.82. The van der Waals surface area contributed by atoms with Gasteiger partial charge in [-0.2, -0.15) is 0 Å². The fourth-order valence-electron chi connectivity index (χ4n) is 1.67. The van der Waals surface area contributed by atoms with Crippen LogP contribution in [0.15, 0.2) is 11.6 Å². The molecule has 1 aliphatic rings. The van der Waals surface area contributed by atoms with Gasteiger partial charge in [-0.3, -0.25) is 4.79 Å². The van der Waals surface area contributed by atoms with Crippen LogP contribution in [0.4, 0.5) is 4.79 Å². The molecule has 4 N–H and O–H groups in total. The highest BCUT2D eigenvalue weighted by Gasteiger charge is 2.25. The third-order valence-electron chi connectivity index (χ3n) is 1.82. The highest BCUT2D eigenvalue weighted by Crippen LogP contribution is 2.32. The number of amides is 2. The van der Waals surface area contributed by atoms with E-state index in [1.807, 2.05) is 6.92 Å². The van der Waals surface area contributed by atoms with E-state index in [0.29, 0.717) is 6.42 Å². The van der Waals surface area contributed by atoms with E-state index in [4.69, 9.17) is 4.79 Å². The van der Waals surface area contributed by atoms with Crippen molar-refractivity contribution < 1.29 is 9.59 Å². The van der Waals surface area contributed by atoms with Crippen molar-refractivity contribution in [1.82, 2.24) is 0 Å². The van der Waals surface area contributed by atoms with Crippen LogP contribution in [0.25, 0.3) is 0 Å². The zero-order valence-electron chi connectivity index (χ0n) is 8.96. The Labute approximate surface area is 84.3 Å². The van der Waals surface area contributed by atoms with Crippen LogP contribution in [0.5, 0.6) is 0 Å². The molecule has 0 fully saturated rings. The van der Waals surface area contributed by atoms with Crippen LogP contribution in [0.1, 0.15) is 33.6 Å². The van der Waals surface area contributed by atoms with Crippen molar-refractivity contribution in [3.63, 3.8) is 0 Å². The second-order valence-electron chi connectivity index (χ2n) is 4.38. The summed E-state index contributed by atoms with van der Waals surface area (Å²) >= 11 is 0. The van der Waals surface area contributed by atoms with Crippen LogP contribution in [-0.4, -0.2) is 11.8 Å². The molecule has 1 aliphatic carbocycles. The number of hydrogen-bond donors (Lipinski definition) is 2. The number of carbonyl (C=O) groups excluding carboxylic acids is 2. The molecular weight excluding hydrogens is 180 g/mol. The molecule has 0 atom stereocenters. The summed E-state index contributed by atoms with van der Waals surface area (Å²) in [5, 5.41) is 0. The average molecular weight is 198 g/mol. The van der Waals surface area contributed by atoms with Gasteiger partial charge in [0.2, 0.25) is 0 Å². The molecule has 4 nitrogen and oxygen atoms in total. The summed E-state index contributed by atoms with van der Waals surface area (Å²) in [6.07, 6.45) is 3.55. The molecule has 2 amide bonds. The maximum atomic E-state index is 11.0. The van der Waals surface area contributed by atoms with Crippen molar-refractivity contribution in [3.05, 3.63) is 11.6 Å². The molecule has 0 radical (unpaired) electrons. The van der Waals surface area contributed by atoms with Crippen molar-refractivity contribution in [3.8, 4) is 0 Å². The number of urea groups is 1. The molecule has 0 heterocycles. The van der Waals surface area contributed by atoms with Crippen LogP contribution < -0.4 is 11.5 Å². The van der Waals surface area contributed by atoms with Crippen LogP contribution in [-0.2, 0) is 4.79 Å². The fourth-order valence-corrected chi connectivity index (χ4v) is 1.67. The van der Waals surface area contributed by atoms with E-state index in [9.17, 15) is 4.79 Å². The Morgan fingerprint density at radius 1 is 1.36 bits per heavy atom. The molecule has 0 saturated heterocycles. The largest absolute Gasteiger partial charge is 0.352 e. The van der Waals surface area contributed by atoms with Crippen molar-refractivity contribution in [1.29, 1.82) is 0 Å². The van der Waals surface area contributed by atoms with Crippen LogP contribution in [0.2, 0.25) is 0 Å². The predicted molar refractivity (Wildman–Crippen MR) is 55.5 cm³/mol. The lowest BCUT2D eigenvalue weighted by molar-refractivity contribution is -0.117. The smallest absolute Gasteiger partial charge is 0.309 e. The van der Waals surface area contributed by atoms with E-state index in [2.05, 4.69) is 25.3 Å². The number of nitrogens with two attached hydrogens (primary N) is 2.